The lowest BCUT2D eigenvalue weighted by atomic mass is 10.00. The maximum atomic E-state index is 13.2. The largest absolute Gasteiger partial charge is 0.481 e. The Morgan fingerprint density at radius 1 is 0.914 bits per heavy atom. The molecule has 0 aliphatic rings. The molecule has 0 heterocycles. The van der Waals surface area contributed by atoms with Crippen LogP contribution in [0.15, 0.2) is 30.3 Å². The Bertz CT molecular complexity index is 882. The molecule has 0 radical (unpaired) electrons. The summed E-state index contributed by atoms with van der Waals surface area (Å²) in [5.41, 5.74) is 6.71. The summed E-state index contributed by atoms with van der Waals surface area (Å²) in [6.45, 7) is 3.28. The van der Waals surface area contributed by atoms with Crippen LogP contribution in [0.1, 0.15) is 32.3 Å². The molecule has 194 valence electrons. The third-order valence-electron chi connectivity index (χ3n) is 5.13. The van der Waals surface area contributed by atoms with E-state index in [0.29, 0.717) is 12.2 Å². The first kappa shape index (κ1) is 29.9. The van der Waals surface area contributed by atoms with Gasteiger partial charge >= 0.3 is 11.9 Å². The van der Waals surface area contributed by atoms with E-state index in [1.807, 2.05) is 12.3 Å². The highest BCUT2D eigenvalue weighted by molar-refractivity contribution is 7.98. The van der Waals surface area contributed by atoms with Gasteiger partial charge in [0.05, 0.1) is 12.5 Å². The molecular formula is C23H34N4O7S. The molecule has 0 aliphatic carbocycles. The maximum Gasteiger partial charge on any atom is 0.326 e. The second kappa shape index (κ2) is 15.0. The first-order valence-corrected chi connectivity index (χ1v) is 12.5. The van der Waals surface area contributed by atoms with Crippen LogP contribution in [0.5, 0.6) is 0 Å². The number of carboxylic acids is 2. The van der Waals surface area contributed by atoms with Gasteiger partial charge < -0.3 is 31.9 Å². The van der Waals surface area contributed by atoms with Crippen molar-refractivity contribution in [1.82, 2.24) is 16.0 Å². The van der Waals surface area contributed by atoms with Crippen molar-refractivity contribution < 1.29 is 34.2 Å². The summed E-state index contributed by atoms with van der Waals surface area (Å²) >= 11 is 1.54. The Labute approximate surface area is 208 Å². The lowest BCUT2D eigenvalue weighted by Crippen LogP contribution is -2.59. The van der Waals surface area contributed by atoms with Crippen LogP contribution in [-0.2, 0) is 30.4 Å². The zero-order valence-corrected chi connectivity index (χ0v) is 20.8. The number of amides is 3. The minimum absolute atomic E-state index is 0.136. The molecule has 0 saturated carbocycles. The van der Waals surface area contributed by atoms with Crippen molar-refractivity contribution in [1.29, 1.82) is 0 Å². The van der Waals surface area contributed by atoms with Gasteiger partial charge in [-0.1, -0.05) is 44.2 Å². The van der Waals surface area contributed by atoms with Crippen LogP contribution in [-0.4, -0.2) is 76.0 Å². The molecule has 4 atom stereocenters. The van der Waals surface area contributed by atoms with E-state index in [9.17, 15) is 29.1 Å². The molecule has 3 amide bonds. The molecule has 1 aromatic carbocycles. The number of nitrogens with one attached hydrogen (secondary N) is 3. The van der Waals surface area contributed by atoms with Gasteiger partial charge in [0.2, 0.25) is 17.7 Å². The Balaban J connectivity index is 3.05. The molecule has 0 saturated heterocycles. The average Bonchev–Trinajstić information content (AvgIpc) is 2.79. The quantitative estimate of drug-likeness (QED) is 0.188. The third kappa shape index (κ3) is 10.8. The molecule has 4 unspecified atom stereocenters. The summed E-state index contributed by atoms with van der Waals surface area (Å²) < 4.78 is 0. The smallest absolute Gasteiger partial charge is 0.326 e. The van der Waals surface area contributed by atoms with Gasteiger partial charge in [-0.3, -0.25) is 19.2 Å². The third-order valence-corrected chi connectivity index (χ3v) is 5.77. The van der Waals surface area contributed by atoms with Crippen LogP contribution in [0.2, 0.25) is 0 Å². The molecule has 0 fully saturated rings. The molecule has 35 heavy (non-hydrogen) atoms. The van der Waals surface area contributed by atoms with Gasteiger partial charge in [0.25, 0.3) is 0 Å². The lowest BCUT2D eigenvalue weighted by molar-refractivity contribution is -0.147. The van der Waals surface area contributed by atoms with E-state index < -0.39 is 66.2 Å². The summed E-state index contributed by atoms with van der Waals surface area (Å²) in [4.78, 5) is 60.8. The first-order chi connectivity index (χ1) is 16.5. The number of thioether (sulfide) groups is 1. The van der Waals surface area contributed by atoms with E-state index in [0.717, 1.165) is 5.56 Å². The van der Waals surface area contributed by atoms with Crippen molar-refractivity contribution in [2.45, 2.75) is 57.3 Å². The second-order valence-electron chi connectivity index (χ2n) is 8.37. The molecule has 1 aromatic rings. The maximum absolute atomic E-state index is 13.2. The van der Waals surface area contributed by atoms with Crippen molar-refractivity contribution in [2.75, 3.05) is 12.0 Å². The van der Waals surface area contributed by atoms with Crippen LogP contribution >= 0.6 is 11.8 Å². The van der Waals surface area contributed by atoms with Crippen LogP contribution in [0.3, 0.4) is 0 Å². The number of nitrogens with two attached hydrogens (primary N) is 1. The zero-order chi connectivity index (χ0) is 26.5. The first-order valence-electron chi connectivity index (χ1n) is 11.1. The Hall–Kier alpha value is -3.12. The highest BCUT2D eigenvalue weighted by Crippen LogP contribution is 2.08. The van der Waals surface area contributed by atoms with Gasteiger partial charge in [0.1, 0.15) is 18.1 Å². The minimum atomic E-state index is -1.66. The fourth-order valence-electron chi connectivity index (χ4n) is 3.14. The van der Waals surface area contributed by atoms with Gasteiger partial charge in [0.15, 0.2) is 0 Å². The average molecular weight is 511 g/mol. The molecule has 1 rings (SSSR count). The molecule has 12 heteroatoms. The molecular weight excluding hydrogens is 476 g/mol. The second-order valence-corrected chi connectivity index (χ2v) is 9.35. The van der Waals surface area contributed by atoms with Crippen molar-refractivity contribution in [2.24, 2.45) is 11.7 Å². The highest BCUT2D eigenvalue weighted by Gasteiger charge is 2.32. The van der Waals surface area contributed by atoms with Crippen molar-refractivity contribution >= 4 is 41.4 Å². The van der Waals surface area contributed by atoms with Crippen molar-refractivity contribution in [3.8, 4) is 0 Å². The summed E-state index contributed by atoms with van der Waals surface area (Å²) in [7, 11) is 0. The van der Waals surface area contributed by atoms with Gasteiger partial charge in [-0.05, 0) is 29.9 Å². The highest BCUT2D eigenvalue weighted by atomic mass is 32.2. The number of hydrogen-bond donors (Lipinski definition) is 6. The van der Waals surface area contributed by atoms with E-state index in [2.05, 4.69) is 16.0 Å². The topological polar surface area (TPSA) is 188 Å². The summed E-state index contributed by atoms with van der Waals surface area (Å²) in [6.07, 6.45) is 1.62. The number of carbonyl (C=O) groups excluding carboxylic acids is 3. The van der Waals surface area contributed by atoms with Crippen LogP contribution < -0.4 is 21.7 Å². The van der Waals surface area contributed by atoms with Crippen molar-refractivity contribution in [3.05, 3.63) is 35.9 Å². The number of rotatable bonds is 15. The van der Waals surface area contributed by atoms with E-state index in [4.69, 9.17) is 10.8 Å². The standard InChI is InChI=1S/C23H34N4O7S/c1-13(2)19(22(32)26-17(23(33)34)12-18(28)29)27-21(31)16(11-14-7-5-4-6-8-14)25-20(30)15(24)9-10-35-3/h4-8,13,15-17,19H,9-12,24H2,1-3H3,(H,25,30)(H,26,32)(H,27,31)(H,28,29)(H,33,34). The summed E-state index contributed by atoms with van der Waals surface area (Å²) in [5, 5.41) is 25.5. The van der Waals surface area contributed by atoms with E-state index in [1.165, 1.54) is 11.8 Å². The molecule has 7 N–H and O–H groups in total. The predicted molar refractivity (Wildman–Crippen MR) is 132 cm³/mol. The molecule has 0 bridgehead atoms. The fraction of sp³-hybridized carbons (Fsp3) is 0.522. The SMILES string of the molecule is CSCCC(N)C(=O)NC(Cc1ccccc1)C(=O)NC(C(=O)NC(CC(=O)O)C(=O)O)C(C)C. The Morgan fingerprint density at radius 2 is 1.51 bits per heavy atom. The monoisotopic (exact) mass is 510 g/mol. The number of benzene rings is 1. The summed E-state index contributed by atoms with van der Waals surface area (Å²) in [6, 6.07) is 4.27. The molecule has 0 spiro atoms. The summed E-state index contributed by atoms with van der Waals surface area (Å²) in [5.74, 6) is -4.71. The normalized spacial score (nSPS) is 14.3. The number of hydrogen-bond acceptors (Lipinski definition) is 7. The van der Waals surface area contributed by atoms with Gasteiger partial charge in [-0.25, -0.2) is 4.79 Å². The van der Waals surface area contributed by atoms with Crippen molar-refractivity contribution in [3.63, 3.8) is 0 Å². The number of carboxylic acid groups (broad SMARTS) is 2. The Kier molecular flexibility index (Phi) is 12.8. The fourth-order valence-corrected chi connectivity index (χ4v) is 3.63. The predicted octanol–water partition coefficient (Wildman–Crippen LogP) is -0.0208. The molecule has 0 aromatic heterocycles. The van der Waals surface area contributed by atoms with Crippen LogP contribution in [0.4, 0.5) is 0 Å². The van der Waals surface area contributed by atoms with Crippen LogP contribution in [0, 0.1) is 5.92 Å². The van der Waals surface area contributed by atoms with Gasteiger partial charge in [-0.15, -0.1) is 0 Å². The van der Waals surface area contributed by atoms with E-state index in [1.54, 1.807) is 38.1 Å². The molecule has 11 nitrogen and oxygen atoms in total. The van der Waals surface area contributed by atoms with Gasteiger partial charge in [-0.2, -0.15) is 11.8 Å². The van der Waals surface area contributed by atoms with E-state index in [-0.39, 0.29) is 6.42 Å². The van der Waals surface area contributed by atoms with Crippen LogP contribution in [0.25, 0.3) is 0 Å². The lowest BCUT2D eigenvalue weighted by Gasteiger charge is -2.27. The number of aliphatic carboxylic acids is 2. The van der Waals surface area contributed by atoms with Gasteiger partial charge in [0, 0.05) is 6.42 Å². The molecule has 0 aliphatic heterocycles. The zero-order valence-electron chi connectivity index (χ0n) is 20.0. The Morgan fingerprint density at radius 3 is 2.03 bits per heavy atom. The van der Waals surface area contributed by atoms with E-state index >= 15 is 0 Å². The number of carbonyl (C=O) groups is 5. The minimum Gasteiger partial charge on any atom is -0.481 e.